The summed E-state index contributed by atoms with van der Waals surface area (Å²) in [5.74, 6) is -0.0256. The predicted molar refractivity (Wildman–Crippen MR) is 96.7 cm³/mol. The highest BCUT2D eigenvalue weighted by molar-refractivity contribution is 7.86. The van der Waals surface area contributed by atoms with E-state index in [1.165, 1.54) is 18.2 Å². The summed E-state index contributed by atoms with van der Waals surface area (Å²) in [6.45, 7) is 0. The van der Waals surface area contributed by atoms with Crippen molar-refractivity contribution in [3.05, 3.63) is 40.9 Å². The van der Waals surface area contributed by atoms with Crippen LogP contribution in [0.4, 0.5) is 11.6 Å². The van der Waals surface area contributed by atoms with Gasteiger partial charge in [-0.3, -0.25) is 9.11 Å². The lowest BCUT2D eigenvalue weighted by Gasteiger charge is -2.10. The topological polar surface area (TPSA) is 159 Å². The zero-order valence-electron chi connectivity index (χ0n) is 12.8. The summed E-state index contributed by atoms with van der Waals surface area (Å²) in [6, 6.07) is 5.83. The van der Waals surface area contributed by atoms with Gasteiger partial charge in [-0.05, 0) is 52.9 Å². The van der Waals surface area contributed by atoms with Crippen LogP contribution in [0.2, 0.25) is 10.6 Å². The van der Waals surface area contributed by atoms with Gasteiger partial charge in [-0.25, -0.2) is 0 Å². The minimum Gasteiger partial charge on any atom is -0.324 e. The van der Waals surface area contributed by atoms with Crippen LogP contribution < -0.4 is 5.32 Å². The van der Waals surface area contributed by atoms with Crippen molar-refractivity contribution in [1.29, 1.82) is 0 Å². The first kappa shape index (κ1) is 19.7. The van der Waals surface area contributed by atoms with Crippen LogP contribution in [0.1, 0.15) is 0 Å². The number of aromatic nitrogens is 3. The van der Waals surface area contributed by atoms with Crippen LogP contribution >= 0.6 is 23.2 Å². The maximum atomic E-state index is 11.7. The molecule has 1 heterocycles. The molecule has 0 unspecified atom stereocenters. The first-order valence-corrected chi connectivity index (χ1v) is 10.4. The van der Waals surface area contributed by atoms with E-state index in [0.717, 1.165) is 6.07 Å². The summed E-state index contributed by atoms with van der Waals surface area (Å²) in [4.78, 5) is 9.78. The van der Waals surface area contributed by atoms with Crippen LogP contribution in [0.25, 0.3) is 10.8 Å². The molecule has 0 bridgehead atoms. The Morgan fingerprint density at radius 1 is 0.852 bits per heavy atom. The number of nitrogens with zero attached hydrogens (tertiary/aromatic N) is 3. The van der Waals surface area contributed by atoms with Gasteiger partial charge in [0, 0.05) is 11.1 Å². The molecule has 3 N–H and O–H groups in total. The second-order valence-corrected chi connectivity index (χ2v) is 8.62. The third-order valence-corrected chi connectivity index (χ3v) is 5.37. The summed E-state index contributed by atoms with van der Waals surface area (Å²) >= 11 is 11.4. The molecular formula is C13H8Cl2N4O6S2. The van der Waals surface area contributed by atoms with Gasteiger partial charge in [0.05, 0.1) is 4.90 Å². The first-order chi connectivity index (χ1) is 12.4. The standard InChI is InChI=1S/C13H8Cl2N4O6S2/c14-11-17-12(15)19-13(18-11)16-7-2-1-6-3-8(26(20,21)22)5-10(9(6)4-7)27(23,24)25/h1-5H,(H,20,21,22)(H,23,24,25)(H,16,17,18,19). The molecule has 27 heavy (non-hydrogen) atoms. The molecule has 0 fully saturated rings. The maximum Gasteiger partial charge on any atom is 0.295 e. The molecule has 0 saturated carbocycles. The van der Waals surface area contributed by atoms with Gasteiger partial charge in [-0.2, -0.15) is 31.8 Å². The van der Waals surface area contributed by atoms with E-state index in [0.29, 0.717) is 6.07 Å². The van der Waals surface area contributed by atoms with Gasteiger partial charge in [0.25, 0.3) is 20.2 Å². The molecule has 0 aliphatic carbocycles. The molecule has 142 valence electrons. The Balaban J connectivity index is 2.19. The van der Waals surface area contributed by atoms with E-state index in [-0.39, 0.29) is 33.0 Å². The molecule has 3 rings (SSSR count). The number of benzene rings is 2. The molecule has 0 aliphatic rings. The fourth-order valence-corrected chi connectivity index (χ4v) is 3.96. The van der Waals surface area contributed by atoms with E-state index in [1.807, 2.05) is 0 Å². The molecule has 1 aromatic heterocycles. The number of hydrogen-bond donors (Lipinski definition) is 3. The largest absolute Gasteiger partial charge is 0.324 e. The number of hydrogen-bond acceptors (Lipinski definition) is 8. The summed E-state index contributed by atoms with van der Waals surface area (Å²) in [7, 11) is -9.49. The van der Waals surface area contributed by atoms with Crippen molar-refractivity contribution in [1.82, 2.24) is 15.0 Å². The smallest absolute Gasteiger partial charge is 0.295 e. The van der Waals surface area contributed by atoms with Crippen LogP contribution in [0.15, 0.2) is 40.1 Å². The molecule has 0 aliphatic heterocycles. The minimum atomic E-state index is -4.80. The zero-order valence-corrected chi connectivity index (χ0v) is 16.0. The Hall–Kier alpha value is -2.09. The van der Waals surface area contributed by atoms with Gasteiger partial charge in [0.15, 0.2) is 0 Å². The third-order valence-electron chi connectivity index (χ3n) is 3.30. The Morgan fingerprint density at radius 2 is 1.48 bits per heavy atom. The lowest BCUT2D eigenvalue weighted by atomic mass is 10.1. The number of fused-ring (bicyclic) bond motifs is 1. The Labute approximate surface area is 162 Å². The summed E-state index contributed by atoms with van der Waals surface area (Å²) in [5.41, 5.74) is 0.283. The van der Waals surface area contributed by atoms with E-state index in [1.54, 1.807) is 0 Å². The highest BCUT2D eigenvalue weighted by atomic mass is 35.5. The van der Waals surface area contributed by atoms with Gasteiger partial charge in [-0.15, -0.1) is 0 Å². The van der Waals surface area contributed by atoms with Gasteiger partial charge < -0.3 is 5.32 Å². The molecule has 2 aromatic carbocycles. The van der Waals surface area contributed by atoms with Crippen molar-refractivity contribution in [3.63, 3.8) is 0 Å². The van der Waals surface area contributed by atoms with Crippen molar-refractivity contribution in [3.8, 4) is 0 Å². The Bertz CT molecular complexity index is 1260. The van der Waals surface area contributed by atoms with Crippen LogP contribution in [-0.2, 0) is 20.2 Å². The second kappa shape index (κ2) is 6.82. The number of anilines is 2. The Kier molecular flexibility index (Phi) is 4.96. The molecule has 14 heteroatoms. The van der Waals surface area contributed by atoms with Gasteiger partial charge in [0.1, 0.15) is 4.90 Å². The first-order valence-electron chi connectivity index (χ1n) is 6.80. The van der Waals surface area contributed by atoms with Crippen LogP contribution in [0.5, 0.6) is 0 Å². The third kappa shape index (κ3) is 4.43. The average Bonchev–Trinajstić information content (AvgIpc) is 2.51. The highest BCUT2D eigenvalue weighted by Gasteiger charge is 2.20. The molecule has 0 amide bonds. The van der Waals surface area contributed by atoms with Crippen molar-refractivity contribution in [2.75, 3.05) is 5.32 Å². The number of halogens is 2. The summed E-state index contributed by atoms with van der Waals surface area (Å²) in [6.07, 6.45) is 0. The fraction of sp³-hybridized carbons (Fsp3) is 0. The van der Waals surface area contributed by atoms with Crippen molar-refractivity contribution < 1.29 is 25.9 Å². The monoisotopic (exact) mass is 450 g/mol. The molecule has 10 nitrogen and oxygen atoms in total. The van der Waals surface area contributed by atoms with Gasteiger partial charge in [-0.1, -0.05) is 6.07 Å². The molecule has 0 saturated heterocycles. The number of nitrogens with one attached hydrogen (secondary N) is 1. The van der Waals surface area contributed by atoms with Crippen LogP contribution in [0.3, 0.4) is 0 Å². The lowest BCUT2D eigenvalue weighted by molar-refractivity contribution is 0.482. The SMILES string of the molecule is O=S(=O)(O)c1cc(S(=O)(=O)O)c2cc(Nc3nc(Cl)nc(Cl)n3)ccc2c1. The van der Waals surface area contributed by atoms with E-state index in [9.17, 15) is 25.9 Å². The van der Waals surface area contributed by atoms with E-state index in [2.05, 4.69) is 20.3 Å². The Morgan fingerprint density at radius 3 is 2.04 bits per heavy atom. The second-order valence-electron chi connectivity index (χ2n) is 5.13. The molecule has 0 atom stereocenters. The maximum absolute atomic E-state index is 11.7. The average molecular weight is 451 g/mol. The molecule has 0 radical (unpaired) electrons. The lowest BCUT2D eigenvalue weighted by Crippen LogP contribution is -2.05. The molecule has 0 spiro atoms. The summed E-state index contributed by atoms with van der Waals surface area (Å²) in [5, 5.41) is 2.50. The highest BCUT2D eigenvalue weighted by Crippen LogP contribution is 2.30. The van der Waals surface area contributed by atoms with Crippen molar-refractivity contribution in [2.24, 2.45) is 0 Å². The summed E-state index contributed by atoms with van der Waals surface area (Å²) < 4.78 is 64.7. The van der Waals surface area contributed by atoms with Gasteiger partial charge >= 0.3 is 0 Å². The van der Waals surface area contributed by atoms with Crippen molar-refractivity contribution >= 4 is 65.8 Å². The minimum absolute atomic E-state index is 0.0128. The zero-order chi connectivity index (χ0) is 20.0. The normalized spacial score (nSPS) is 12.3. The fourth-order valence-electron chi connectivity index (χ4n) is 2.25. The quantitative estimate of drug-likeness (QED) is 0.503. The van der Waals surface area contributed by atoms with Crippen molar-refractivity contribution in [2.45, 2.75) is 9.79 Å². The molecule has 3 aromatic rings. The van der Waals surface area contributed by atoms with Crippen LogP contribution in [0, 0.1) is 0 Å². The predicted octanol–water partition coefficient (Wildman–Crippen LogP) is 2.57. The van der Waals surface area contributed by atoms with Gasteiger partial charge in [0.2, 0.25) is 16.5 Å². The molecular weight excluding hydrogens is 443 g/mol. The van der Waals surface area contributed by atoms with E-state index in [4.69, 9.17) is 23.2 Å². The van der Waals surface area contributed by atoms with E-state index < -0.39 is 30.0 Å². The van der Waals surface area contributed by atoms with Crippen LogP contribution in [-0.4, -0.2) is 40.9 Å². The number of rotatable bonds is 4. The van der Waals surface area contributed by atoms with E-state index >= 15 is 0 Å².